The van der Waals surface area contributed by atoms with E-state index in [-0.39, 0.29) is 0 Å². The van der Waals surface area contributed by atoms with Crippen LogP contribution in [0.15, 0.2) is 189 Å². The molecule has 0 saturated heterocycles. The summed E-state index contributed by atoms with van der Waals surface area (Å²) in [7, 11) is 0. The largest absolute Gasteiger partial charge is 0.334 e. The zero-order chi connectivity index (χ0) is 57.1. The lowest BCUT2D eigenvalue weighted by Gasteiger charge is -2.17. The molecule has 0 aliphatic heterocycles. The molecule has 0 aliphatic carbocycles. The zero-order valence-corrected chi connectivity index (χ0v) is 47.3. The van der Waals surface area contributed by atoms with Gasteiger partial charge in [-0.15, -0.1) is 0 Å². The van der Waals surface area contributed by atoms with Gasteiger partial charge in [0.2, 0.25) is 0 Å². The van der Waals surface area contributed by atoms with Crippen molar-refractivity contribution >= 4 is 43.6 Å². The quantitative estimate of drug-likeness (QED) is 0.127. The van der Waals surface area contributed by atoms with Gasteiger partial charge < -0.3 is 27.2 Å². The van der Waals surface area contributed by atoms with Crippen LogP contribution in [0.25, 0.3) is 145 Å². The highest BCUT2D eigenvalue weighted by Crippen LogP contribution is 2.46. The number of benzene rings is 9. The van der Waals surface area contributed by atoms with Gasteiger partial charge in [0.05, 0.1) is 22.1 Å². The Kier molecular flexibility index (Phi) is 11.6. The Bertz CT molecular complexity index is 4480. The van der Waals surface area contributed by atoms with Crippen molar-refractivity contribution in [2.45, 2.75) is 55.4 Å². The summed E-state index contributed by atoms with van der Waals surface area (Å²) < 4.78 is 27.3. The fourth-order valence-electron chi connectivity index (χ4n) is 13.2. The summed E-state index contributed by atoms with van der Waals surface area (Å²) in [4.78, 5) is 17.7. The summed E-state index contributed by atoms with van der Waals surface area (Å²) in [5.74, 6) is 2.00. The first-order valence-corrected chi connectivity index (χ1v) is 27.7. The van der Waals surface area contributed by atoms with E-state index in [0.717, 1.165) is 155 Å². The number of hydrogen-bond acceptors (Lipinski definition) is 12. The molecule has 0 saturated carbocycles. The molecule has 9 aromatic carbocycles. The Morgan fingerprint density at radius 2 is 0.524 bits per heavy atom. The van der Waals surface area contributed by atoms with Crippen molar-refractivity contribution in [1.29, 1.82) is 0 Å². The molecule has 0 N–H and O–H groups in total. The van der Waals surface area contributed by atoms with Crippen LogP contribution in [0.4, 0.5) is 0 Å². The molecule has 15 aromatic rings. The molecule has 0 unspecified atom stereocenters. The predicted molar refractivity (Wildman–Crippen MR) is 328 cm³/mol. The molecule has 84 heavy (non-hydrogen) atoms. The van der Waals surface area contributed by atoms with Crippen molar-refractivity contribution in [3.05, 3.63) is 215 Å². The topological polar surface area (TPSA) is 166 Å². The normalized spacial score (nSPS) is 11.8. The predicted octanol–water partition coefficient (Wildman–Crippen LogP) is 17.2. The molecular formula is C70H52N10O4. The first kappa shape index (κ1) is 50.1. The van der Waals surface area contributed by atoms with Crippen molar-refractivity contribution in [2.24, 2.45) is 0 Å². The number of para-hydroxylation sites is 2. The van der Waals surface area contributed by atoms with Crippen molar-refractivity contribution < 1.29 is 18.1 Å². The van der Waals surface area contributed by atoms with Gasteiger partial charge in [0.25, 0.3) is 23.6 Å². The number of aromatic nitrogens is 10. The van der Waals surface area contributed by atoms with Crippen LogP contribution in [0.5, 0.6) is 0 Å². The first-order valence-electron chi connectivity index (χ1n) is 27.7. The number of rotatable bonds is 10. The van der Waals surface area contributed by atoms with Crippen LogP contribution < -0.4 is 0 Å². The third kappa shape index (κ3) is 8.08. The van der Waals surface area contributed by atoms with Crippen LogP contribution in [0, 0.1) is 55.4 Å². The van der Waals surface area contributed by atoms with E-state index in [1.54, 1.807) is 0 Å². The molecule has 6 aromatic heterocycles. The third-order valence-corrected chi connectivity index (χ3v) is 16.6. The Balaban J connectivity index is 0.966. The first-order chi connectivity index (χ1) is 40.9. The molecule has 0 bridgehead atoms. The van der Waals surface area contributed by atoms with Crippen LogP contribution >= 0.6 is 0 Å². The molecule has 6 heterocycles. The van der Waals surface area contributed by atoms with Crippen molar-refractivity contribution in [2.75, 3.05) is 0 Å². The molecule has 0 amide bonds. The molecule has 15 rings (SSSR count). The fraction of sp³-hybridized carbons (Fsp3) is 0.114. The van der Waals surface area contributed by atoms with E-state index in [1.807, 2.05) is 0 Å². The highest BCUT2D eigenvalue weighted by Gasteiger charge is 2.25. The monoisotopic (exact) mass is 1100 g/mol. The summed E-state index contributed by atoms with van der Waals surface area (Å²) in [5.41, 5.74) is 27.0. The molecule has 14 heteroatoms. The fourth-order valence-corrected chi connectivity index (χ4v) is 13.2. The number of nitrogens with zero attached hydrogens (tertiary/aromatic N) is 10. The number of fused-ring (bicyclic) bond motifs is 7. The van der Waals surface area contributed by atoms with Crippen LogP contribution in [0.1, 0.15) is 44.5 Å². The second kappa shape index (κ2) is 19.4. The van der Waals surface area contributed by atoms with Crippen LogP contribution in [-0.2, 0) is 0 Å². The Morgan fingerprint density at radius 3 is 0.774 bits per heavy atom. The molecule has 0 fully saturated rings. The Labute approximate surface area is 481 Å². The van der Waals surface area contributed by atoms with Crippen LogP contribution in [0.3, 0.4) is 0 Å². The molecule has 0 spiro atoms. The summed E-state index contributed by atoms with van der Waals surface area (Å²) in [6, 6.07) is 53.8. The van der Waals surface area contributed by atoms with Gasteiger partial charge >= 0.3 is 0 Å². The molecule has 0 aliphatic rings. The lowest BCUT2D eigenvalue weighted by atomic mass is 9.91. The third-order valence-electron chi connectivity index (χ3n) is 16.6. The van der Waals surface area contributed by atoms with Gasteiger partial charge in [-0.1, -0.05) is 106 Å². The lowest BCUT2D eigenvalue weighted by Crippen LogP contribution is -1.98. The minimum atomic E-state index is 0.500. The summed E-state index contributed by atoms with van der Waals surface area (Å²) in [6.45, 7) is 16.8. The maximum atomic E-state index is 5.59. The SMILES string of the molecule is Cc1cc(-c2cc(-c3cc(C)c(-c4ncno4)c(C)c3)cc(-n3c4ccccc4c4c5c6ccccc6n(-c6cc(-c7cc(C)c(-c8ncno8)c(C)c7)cc(-c7cc(C)c(-c8ncno8)c(C)c7)c6)c5ccc43)c2)cc(C)c1-c1ncno1. The van der Waals surface area contributed by atoms with E-state index in [4.69, 9.17) is 18.1 Å². The van der Waals surface area contributed by atoms with E-state index in [2.05, 4.69) is 251 Å². The van der Waals surface area contributed by atoms with Crippen LogP contribution in [0.2, 0.25) is 0 Å². The Hall–Kier alpha value is -10.9. The lowest BCUT2D eigenvalue weighted by molar-refractivity contribution is 0.429. The molecule has 14 nitrogen and oxygen atoms in total. The summed E-state index contributed by atoms with van der Waals surface area (Å²) in [6.07, 6.45) is 5.79. The van der Waals surface area contributed by atoms with Gasteiger partial charge in [-0.05, 0) is 205 Å². The van der Waals surface area contributed by atoms with Gasteiger partial charge in [0.1, 0.15) is 0 Å². The standard InChI is InChI=1S/C70H52N10O4/c1-37-19-45(20-38(2)61(37)67-71-33-75-81-67)49-27-50(46-21-39(3)62(40(4)22-46)68-72-34-76-82-68)30-53(29-49)79-57-15-11-9-13-55(57)65-59(79)17-18-60-66(65)56-14-10-12-16-58(56)80(60)54-31-51(47-23-41(5)63(42(6)24-47)69-73-35-77-83-69)28-52(32-54)48-25-43(7)64(44(8)26-48)70-74-36-78-84-70/h9-36H,1-8H3. The maximum Gasteiger partial charge on any atom is 0.258 e. The van der Waals surface area contributed by atoms with Crippen LogP contribution in [-0.4, -0.2) is 49.7 Å². The molecule has 406 valence electrons. The number of aryl methyl sites for hydroxylation is 8. The smallest absolute Gasteiger partial charge is 0.258 e. The van der Waals surface area contributed by atoms with Gasteiger partial charge in [0, 0.05) is 55.2 Å². The highest BCUT2D eigenvalue weighted by atomic mass is 16.5. The maximum absolute atomic E-state index is 5.59. The minimum Gasteiger partial charge on any atom is -0.334 e. The molecule has 0 radical (unpaired) electrons. The Morgan fingerprint density at radius 1 is 0.274 bits per heavy atom. The van der Waals surface area contributed by atoms with Gasteiger partial charge in [-0.2, -0.15) is 19.9 Å². The second-order valence-electron chi connectivity index (χ2n) is 22.0. The van der Waals surface area contributed by atoms with E-state index < -0.39 is 0 Å². The molecular weight excluding hydrogens is 1040 g/mol. The highest BCUT2D eigenvalue weighted by molar-refractivity contribution is 6.29. The average molecular weight is 1100 g/mol. The van der Waals surface area contributed by atoms with Gasteiger partial charge in [-0.3, -0.25) is 0 Å². The second-order valence-corrected chi connectivity index (χ2v) is 22.0. The van der Waals surface area contributed by atoms with E-state index in [1.165, 1.54) is 36.1 Å². The van der Waals surface area contributed by atoms with Crippen molar-refractivity contribution in [3.8, 4) is 102 Å². The van der Waals surface area contributed by atoms with E-state index in [0.29, 0.717) is 23.6 Å². The zero-order valence-electron chi connectivity index (χ0n) is 47.3. The van der Waals surface area contributed by atoms with Crippen molar-refractivity contribution in [3.63, 3.8) is 0 Å². The summed E-state index contributed by atoms with van der Waals surface area (Å²) in [5, 5.41) is 20.3. The van der Waals surface area contributed by atoms with Gasteiger partial charge in [-0.25, -0.2) is 0 Å². The minimum absolute atomic E-state index is 0.500. The van der Waals surface area contributed by atoms with Gasteiger partial charge in [0.15, 0.2) is 25.3 Å². The number of hydrogen-bond donors (Lipinski definition) is 0. The average Bonchev–Trinajstić information content (AvgIpc) is 2.63. The van der Waals surface area contributed by atoms with Crippen molar-refractivity contribution in [1.82, 2.24) is 49.7 Å². The summed E-state index contributed by atoms with van der Waals surface area (Å²) >= 11 is 0. The van der Waals surface area contributed by atoms with E-state index >= 15 is 0 Å². The molecule has 0 atom stereocenters. The van der Waals surface area contributed by atoms with E-state index in [9.17, 15) is 0 Å².